The third-order valence-electron chi connectivity index (χ3n) is 5.07. The zero-order valence-corrected chi connectivity index (χ0v) is 15.5. The molecule has 2 saturated heterocycles. The maximum atomic E-state index is 6.52. The first-order valence-corrected chi connectivity index (χ1v) is 9.23. The van der Waals surface area contributed by atoms with Gasteiger partial charge in [0.15, 0.2) is 0 Å². The third-order valence-corrected chi connectivity index (χ3v) is 5.07. The van der Waals surface area contributed by atoms with E-state index in [4.69, 9.17) is 14.2 Å². The quantitative estimate of drug-likeness (QED) is 0.742. The number of likely N-dealkylation sites (N-methyl/N-ethyl adjacent to an activating group) is 1. The molecule has 1 aromatic rings. The van der Waals surface area contributed by atoms with Crippen molar-refractivity contribution in [2.45, 2.75) is 31.1 Å². The maximum absolute atomic E-state index is 6.52. The summed E-state index contributed by atoms with van der Waals surface area (Å²) >= 11 is 0. The molecule has 0 aliphatic carbocycles. The predicted octanol–water partition coefficient (Wildman–Crippen LogP) is 1.41. The summed E-state index contributed by atoms with van der Waals surface area (Å²) in [6.07, 6.45) is 6.18. The van der Waals surface area contributed by atoms with Crippen LogP contribution in [0.1, 0.15) is 18.4 Å². The van der Waals surface area contributed by atoms with Crippen LogP contribution < -0.4 is 0 Å². The number of rotatable bonds is 7. The van der Waals surface area contributed by atoms with E-state index < -0.39 is 0 Å². The average Bonchev–Trinajstić information content (AvgIpc) is 2.87. The standard InChI is InChI=1S/C19H31N3O3/c1-21(13-17-4-3-7-20-12-17)14-18-5-6-19(25-18)15-22(8-10-23-2)9-11-24-16-19/h3-4,7,12,18H,5-6,8-11,13-16H2,1-2H3/t18-,19-/m0/s1. The number of nitrogens with zero attached hydrogens (tertiary/aromatic N) is 3. The Kier molecular flexibility index (Phi) is 6.78. The minimum Gasteiger partial charge on any atom is -0.383 e. The molecule has 0 amide bonds. The van der Waals surface area contributed by atoms with Gasteiger partial charge in [0, 0.05) is 52.2 Å². The Labute approximate surface area is 151 Å². The predicted molar refractivity (Wildman–Crippen MR) is 96.5 cm³/mol. The highest BCUT2D eigenvalue weighted by molar-refractivity contribution is 5.08. The van der Waals surface area contributed by atoms with Crippen LogP contribution >= 0.6 is 0 Å². The van der Waals surface area contributed by atoms with Crippen molar-refractivity contribution in [3.8, 4) is 0 Å². The highest BCUT2D eigenvalue weighted by Crippen LogP contribution is 2.33. The molecule has 6 heteroatoms. The lowest BCUT2D eigenvalue weighted by atomic mass is 10.00. The Hall–Kier alpha value is -1.05. The smallest absolute Gasteiger partial charge is 0.105 e. The van der Waals surface area contributed by atoms with E-state index in [1.807, 2.05) is 18.5 Å². The molecule has 2 aliphatic heterocycles. The third kappa shape index (κ3) is 5.46. The number of methoxy groups -OCH3 is 1. The summed E-state index contributed by atoms with van der Waals surface area (Å²) in [5.74, 6) is 0. The zero-order chi connectivity index (χ0) is 17.5. The molecule has 140 valence electrons. The monoisotopic (exact) mass is 349 g/mol. The van der Waals surface area contributed by atoms with Crippen LogP contribution in [0.4, 0.5) is 0 Å². The second-order valence-electron chi connectivity index (χ2n) is 7.34. The molecule has 3 rings (SSSR count). The molecule has 2 fully saturated rings. The lowest BCUT2D eigenvalue weighted by Crippen LogP contribution is -2.46. The van der Waals surface area contributed by atoms with Gasteiger partial charge >= 0.3 is 0 Å². The van der Waals surface area contributed by atoms with Crippen molar-refractivity contribution < 1.29 is 14.2 Å². The SMILES string of the molecule is COCCN1CCOC[C@]2(CC[C@@H](CN(C)Cc3cccnc3)O2)C1. The van der Waals surface area contributed by atoms with Gasteiger partial charge in [-0.05, 0) is 31.5 Å². The van der Waals surface area contributed by atoms with Gasteiger partial charge in [0.25, 0.3) is 0 Å². The Morgan fingerprint density at radius 2 is 2.40 bits per heavy atom. The van der Waals surface area contributed by atoms with Gasteiger partial charge in [-0.25, -0.2) is 0 Å². The summed E-state index contributed by atoms with van der Waals surface area (Å²) in [7, 11) is 3.90. The van der Waals surface area contributed by atoms with E-state index in [1.165, 1.54) is 5.56 Å². The van der Waals surface area contributed by atoms with Crippen LogP contribution in [0.3, 0.4) is 0 Å². The van der Waals surface area contributed by atoms with Gasteiger partial charge in [-0.1, -0.05) is 6.07 Å². The number of aromatic nitrogens is 1. The molecule has 0 bridgehead atoms. The topological polar surface area (TPSA) is 47.1 Å². The molecule has 0 saturated carbocycles. The Balaban J connectivity index is 1.51. The van der Waals surface area contributed by atoms with Crippen LogP contribution in [0.25, 0.3) is 0 Å². The molecule has 1 spiro atoms. The first-order chi connectivity index (χ1) is 12.2. The van der Waals surface area contributed by atoms with Crippen LogP contribution in [0.2, 0.25) is 0 Å². The second kappa shape index (κ2) is 9.05. The molecule has 2 atom stereocenters. The molecule has 6 nitrogen and oxygen atoms in total. The molecule has 0 aromatic carbocycles. The van der Waals surface area contributed by atoms with E-state index in [9.17, 15) is 0 Å². The Bertz CT molecular complexity index is 516. The van der Waals surface area contributed by atoms with Gasteiger partial charge in [-0.15, -0.1) is 0 Å². The highest BCUT2D eigenvalue weighted by Gasteiger charge is 2.43. The van der Waals surface area contributed by atoms with E-state index in [0.717, 1.165) is 58.8 Å². The van der Waals surface area contributed by atoms with Crippen molar-refractivity contribution in [1.29, 1.82) is 0 Å². The van der Waals surface area contributed by atoms with Gasteiger partial charge < -0.3 is 14.2 Å². The van der Waals surface area contributed by atoms with Crippen LogP contribution in [0.15, 0.2) is 24.5 Å². The van der Waals surface area contributed by atoms with Gasteiger partial charge in [0.2, 0.25) is 0 Å². The second-order valence-corrected chi connectivity index (χ2v) is 7.34. The summed E-state index contributed by atoms with van der Waals surface area (Å²) in [5.41, 5.74) is 1.09. The van der Waals surface area contributed by atoms with Crippen molar-refractivity contribution in [3.05, 3.63) is 30.1 Å². The van der Waals surface area contributed by atoms with Gasteiger partial charge in [-0.3, -0.25) is 14.8 Å². The van der Waals surface area contributed by atoms with E-state index in [0.29, 0.717) is 6.61 Å². The van der Waals surface area contributed by atoms with Crippen LogP contribution in [0, 0.1) is 0 Å². The summed E-state index contributed by atoms with van der Waals surface area (Å²) in [5, 5.41) is 0. The van der Waals surface area contributed by atoms with Gasteiger partial charge in [-0.2, -0.15) is 0 Å². The first-order valence-electron chi connectivity index (χ1n) is 9.23. The fraction of sp³-hybridized carbons (Fsp3) is 0.737. The highest BCUT2D eigenvalue weighted by atomic mass is 16.6. The summed E-state index contributed by atoms with van der Waals surface area (Å²) in [6.45, 7) is 6.93. The van der Waals surface area contributed by atoms with E-state index in [1.54, 1.807) is 7.11 Å². The number of hydrogen-bond donors (Lipinski definition) is 0. The normalized spacial score (nSPS) is 27.9. The molecule has 2 aliphatic rings. The van der Waals surface area contributed by atoms with Crippen molar-refractivity contribution in [2.24, 2.45) is 0 Å². The van der Waals surface area contributed by atoms with Crippen molar-refractivity contribution in [2.75, 3.05) is 60.2 Å². The minimum absolute atomic E-state index is 0.149. The lowest BCUT2D eigenvalue weighted by molar-refractivity contribution is -0.0917. The molecule has 0 radical (unpaired) electrons. The lowest BCUT2D eigenvalue weighted by Gasteiger charge is -2.32. The summed E-state index contributed by atoms with van der Waals surface area (Å²) < 4.78 is 17.6. The number of pyridine rings is 1. The molecular formula is C19H31N3O3. The van der Waals surface area contributed by atoms with E-state index >= 15 is 0 Å². The van der Waals surface area contributed by atoms with Crippen molar-refractivity contribution in [3.63, 3.8) is 0 Å². The summed E-state index contributed by atoms with van der Waals surface area (Å²) in [6, 6.07) is 4.11. The Morgan fingerprint density at radius 3 is 3.20 bits per heavy atom. The molecule has 0 N–H and O–H groups in total. The van der Waals surface area contributed by atoms with Gasteiger partial charge in [0.05, 0.1) is 25.9 Å². The molecule has 0 unspecified atom stereocenters. The van der Waals surface area contributed by atoms with Gasteiger partial charge in [0.1, 0.15) is 5.60 Å². The number of hydrogen-bond acceptors (Lipinski definition) is 6. The maximum Gasteiger partial charge on any atom is 0.105 e. The molecule has 1 aromatic heterocycles. The largest absolute Gasteiger partial charge is 0.383 e. The van der Waals surface area contributed by atoms with E-state index in [2.05, 4.69) is 27.9 Å². The molecular weight excluding hydrogens is 318 g/mol. The molecule has 25 heavy (non-hydrogen) atoms. The molecule has 3 heterocycles. The minimum atomic E-state index is -0.149. The van der Waals surface area contributed by atoms with Crippen LogP contribution in [-0.4, -0.2) is 86.6 Å². The van der Waals surface area contributed by atoms with Crippen molar-refractivity contribution >= 4 is 0 Å². The fourth-order valence-corrected chi connectivity index (χ4v) is 3.86. The van der Waals surface area contributed by atoms with Crippen LogP contribution in [0.5, 0.6) is 0 Å². The van der Waals surface area contributed by atoms with Crippen LogP contribution in [-0.2, 0) is 20.8 Å². The van der Waals surface area contributed by atoms with Crippen molar-refractivity contribution in [1.82, 2.24) is 14.8 Å². The first kappa shape index (κ1) is 18.7. The number of ether oxygens (including phenoxy) is 3. The average molecular weight is 349 g/mol. The fourth-order valence-electron chi connectivity index (χ4n) is 3.86. The summed E-state index contributed by atoms with van der Waals surface area (Å²) in [4.78, 5) is 8.93. The van der Waals surface area contributed by atoms with E-state index in [-0.39, 0.29) is 11.7 Å². The zero-order valence-electron chi connectivity index (χ0n) is 15.5. The Morgan fingerprint density at radius 1 is 1.48 bits per heavy atom.